The normalized spacial score (nSPS) is 19.4. The lowest BCUT2D eigenvalue weighted by Crippen LogP contribution is -2.43. The van der Waals surface area contributed by atoms with Crippen LogP contribution in [0.4, 0.5) is 5.13 Å². The molecule has 2 heterocycles. The van der Waals surface area contributed by atoms with Crippen LogP contribution in [0, 0.1) is 0 Å². The molecule has 1 aliphatic carbocycles. The molecular weight excluding hydrogens is 386 g/mol. The van der Waals surface area contributed by atoms with Crippen LogP contribution in [0.1, 0.15) is 39.7 Å². The Morgan fingerprint density at radius 1 is 1.22 bits per heavy atom. The molecule has 1 aromatic carbocycles. The van der Waals surface area contributed by atoms with E-state index in [1.807, 2.05) is 4.90 Å². The zero-order valence-corrected chi connectivity index (χ0v) is 16.3. The summed E-state index contributed by atoms with van der Waals surface area (Å²) in [5.41, 5.74) is 1.35. The molecule has 1 N–H and O–H groups in total. The highest BCUT2D eigenvalue weighted by atomic mass is 35.5. The number of amides is 2. The van der Waals surface area contributed by atoms with E-state index in [0.717, 1.165) is 29.8 Å². The first kappa shape index (κ1) is 18.4. The zero-order chi connectivity index (χ0) is 18.8. The van der Waals surface area contributed by atoms with Gasteiger partial charge >= 0.3 is 0 Å². The van der Waals surface area contributed by atoms with Gasteiger partial charge in [0.15, 0.2) is 5.13 Å². The van der Waals surface area contributed by atoms with E-state index in [1.165, 1.54) is 11.3 Å². The molecule has 1 saturated heterocycles. The number of carbonyl (C=O) groups excluding carboxylic acids is 2. The number of aromatic nitrogens is 1. The van der Waals surface area contributed by atoms with Crippen LogP contribution in [0.15, 0.2) is 24.3 Å². The third-order valence-electron chi connectivity index (χ3n) is 4.90. The van der Waals surface area contributed by atoms with Gasteiger partial charge in [-0.2, -0.15) is 0 Å². The van der Waals surface area contributed by atoms with Crippen LogP contribution < -0.4 is 5.32 Å². The van der Waals surface area contributed by atoms with Gasteiger partial charge in [0.1, 0.15) is 0 Å². The molecule has 0 spiro atoms. The molecule has 4 rings (SSSR count). The number of hydrogen-bond donors (Lipinski definition) is 1. The first-order valence-corrected chi connectivity index (χ1v) is 10.2. The van der Waals surface area contributed by atoms with Gasteiger partial charge in [-0.1, -0.05) is 11.6 Å². The molecule has 142 valence electrons. The van der Waals surface area contributed by atoms with Gasteiger partial charge in [-0.3, -0.25) is 14.9 Å². The number of halogens is 1. The number of nitrogens with zero attached hydrogens (tertiary/aromatic N) is 2. The van der Waals surface area contributed by atoms with Crippen LogP contribution >= 0.6 is 22.9 Å². The summed E-state index contributed by atoms with van der Waals surface area (Å²) in [5.74, 6) is -0.321. The predicted octanol–water partition coefficient (Wildman–Crippen LogP) is 3.33. The number of hydrogen-bond acceptors (Lipinski definition) is 5. The molecule has 1 fully saturated rings. The number of anilines is 1. The lowest BCUT2D eigenvalue weighted by atomic mass is 9.90. The van der Waals surface area contributed by atoms with Crippen molar-refractivity contribution in [3.05, 3.63) is 45.4 Å². The number of morpholine rings is 1. The van der Waals surface area contributed by atoms with Crippen molar-refractivity contribution in [3.8, 4) is 0 Å². The van der Waals surface area contributed by atoms with Gasteiger partial charge in [-0.05, 0) is 43.5 Å². The fourth-order valence-corrected chi connectivity index (χ4v) is 4.67. The molecule has 27 heavy (non-hydrogen) atoms. The molecule has 1 aromatic heterocycles. The average Bonchev–Trinajstić information content (AvgIpc) is 3.11. The number of ether oxygens (including phenoxy) is 1. The van der Waals surface area contributed by atoms with Gasteiger partial charge < -0.3 is 9.64 Å². The maximum absolute atomic E-state index is 12.9. The van der Waals surface area contributed by atoms with E-state index in [-0.39, 0.29) is 17.7 Å². The van der Waals surface area contributed by atoms with Gasteiger partial charge in [-0.15, -0.1) is 11.3 Å². The summed E-state index contributed by atoms with van der Waals surface area (Å²) in [7, 11) is 0. The van der Waals surface area contributed by atoms with Crippen molar-refractivity contribution in [2.75, 3.05) is 31.6 Å². The minimum atomic E-state index is -0.228. The molecule has 8 heteroatoms. The Hall–Kier alpha value is -1.96. The fraction of sp³-hybridized carbons (Fsp3) is 0.421. The number of rotatable bonds is 3. The number of aryl methyl sites for hydroxylation is 1. The van der Waals surface area contributed by atoms with Crippen LogP contribution in [0.2, 0.25) is 5.02 Å². The zero-order valence-electron chi connectivity index (χ0n) is 14.7. The van der Waals surface area contributed by atoms with Gasteiger partial charge in [0, 0.05) is 28.6 Å². The van der Waals surface area contributed by atoms with Crippen LogP contribution in [-0.2, 0) is 16.0 Å². The van der Waals surface area contributed by atoms with Crippen molar-refractivity contribution in [2.24, 2.45) is 0 Å². The minimum absolute atomic E-state index is 0.125. The maximum Gasteiger partial charge on any atom is 0.257 e. The van der Waals surface area contributed by atoms with Crippen molar-refractivity contribution in [1.82, 2.24) is 9.88 Å². The summed E-state index contributed by atoms with van der Waals surface area (Å²) in [6, 6.07) is 6.71. The topological polar surface area (TPSA) is 71.5 Å². The SMILES string of the molecule is O=C(Nc1nc2c(s1)CCC[C@H]2C(=O)N1CCOCC1)c1ccc(Cl)cc1. The number of nitrogens with one attached hydrogen (secondary N) is 1. The Morgan fingerprint density at radius 3 is 2.70 bits per heavy atom. The molecule has 2 aliphatic rings. The van der Waals surface area contributed by atoms with E-state index in [1.54, 1.807) is 24.3 Å². The van der Waals surface area contributed by atoms with E-state index in [2.05, 4.69) is 10.3 Å². The Bertz CT molecular complexity index is 846. The van der Waals surface area contributed by atoms with E-state index in [0.29, 0.717) is 42.0 Å². The third-order valence-corrected chi connectivity index (χ3v) is 6.20. The van der Waals surface area contributed by atoms with Crippen LogP contribution in [0.3, 0.4) is 0 Å². The molecule has 0 saturated carbocycles. The number of thiazole rings is 1. The van der Waals surface area contributed by atoms with Crippen molar-refractivity contribution in [2.45, 2.75) is 25.2 Å². The summed E-state index contributed by atoms with van der Waals surface area (Å²) in [5, 5.41) is 3.98. The smallest absolute Gasteiger partial charge is 0.257 e. The molecule has 2 aromatic rings. The Kier molecular flexibility index (Phi) is 5.43. The summed E-state index contributed by atoms with van der Waals surface area (Å²) in [6.07, 6.45) is 2.66. The summed E-state index contributed by atoms with van der Waals surface area (Å²) in [6.45, 7) is 2.44. The van der Waals surface area contributed by atoms with Crippen LogP contribution in [0.25, 0.3) is 0 Å². The molecule has 0 bridgehead atoms. The number of carbonyl (C=O) groups is 2. The van der Waals surface area contributed by atoms with E-state index in [9.17, 15) is 9.59 Å². The third kappa shape index (κ3) is 4.00. The van der Waals surface area contributed by atoms with E-state index < -0.39 is 0 Å². The van der Waals surface area contributed by atoms with Gasteiger partial charge in [0.05, 0.1) is 24.8 Å². The highest BCUT2D eigenvalue weighted by Crippen LogP contribution is 2.38. The standard InChI is InChI=1S/C19H20ClN3O3S/c20-13-6-4-12(5-7-13)17(24)22-19-21-16-14(2-1-3-15(16)27-19)18(25)23-8-10-26-11-9-23/h4-7,14H,1-3,8-11H2,(H,21,22,24)/t14-/m1/s1. The number of fused-ring (bicyclic) bond motifs is 1. The monoisotopic (exact) mass is 405 g/mol. The lowest BCUT2D eigenvalue weighted by Gasteiger charge is -2.31. The second-order valence-electron chi connectivity index (χ2n) is 6.67. The fourth-order valence-electron chi connectivity index (χ4n) is 3.49. The molecule has 0 radical (unpaired) electrons. The first-order chi connectivity index (χ1) is 13.1. The summed E-state index contributed by atoms with van der Waals surface area (Å²) in [4.78, 5) is 32.9. The van der Waals surface area contributed by atoms with Crippen LogP contribution in [-0.4, -0.2) is 48.0 Å². The van der Waals surface area contributed by atoms with E-state index in [4.69, 9.17) is 16.3 Å². The highest BCUT2D eigenvalue weighted by Gasteiger charge is 2.33. The molecule has 1 atom stereocenters. The maximum atomic E-state index is 12.9. The second-order valence-corrected chi connectivity index (χ2v) is 8.19. The lowest BCUT2D eigenvalue weighted by molar-refractivity contribution is -0.137. The molecule has 1 aliphatic heterocycles. The van der Waals surface area contributed by atoms with Crippen molar-refractivity contribution in [3.63, 3.8) is 0 Å². The Morgan fingerprint density at radius 2 is 1.96 bits per heavy atom. The minimum Gasteiger partial charge on any atom is -0.378 e. The molecular formula is C19H20ClN3O3S. The summed E-state index contributed by atoms with van der Waals surface area (Å²) < 4.78 is 5.34. The van der Waals surface area contributed by atoms with Crippen molar-refractivity contribution in [1.29, 1.82) is 0 Å². The van der Waals surface area contributed by atoms with Crippen molar-refractivity contribution < 1.29 is 14.3 Å². The van der Waals surface area contributed by atoms with Crippen LogP contribution in [0.5, 0.6) is 0 Å². The molecule has 0 unspecified atom stereocenters. The average molecular weight is 406 g/mol. The molecule has 2 amide bonds. The Balaban J connectivity index is 1.51. The van der Waals surface area contributed by atoms with Gasteiger partial charge in [-0.25, -0.2) is 4.98 Å². The quantitative estimate of drug-likeness (QED) is 0.850. The summed E-state index contributed by atoms with van der Waals surface area (Å²) >= 11 is 7.33. The highest BCUT2D eigenvalue weighted by molar-refractivity contribution is 7.16. The Labute approximate surface area is 166 Å². The predicted molar refractivity (Wildman–Crippen MR) is 105 cm³/mol. The van der Waals surface area contributed by atoms with E-state index >= 15 is 0 Å². The molecule has 6 nitrogen and oxygen atoms in total. The van der Waals surface area contributed by atoms with Crippen molar-refractivity contribution >= 4 is 39.9 Å². The largest absolute Gasteiger partial charge is 0.378 e. The number of benzene rings is 1. The van der Waals surface area contributed by atoms with Gasteiger partial charge in [0.25, 0.3) is 5.91 Å². The first-order valence-electron chi connectivity index (χ1n) is 9.05. The van der Waals surface area contributed by atoms with Gasteiger partial charge in [0.2, 0.25) is 5.91 Å². The second kappa shape index (κ2) is 7.96.